The van der Waals surface area contributed by atoms with Gasteiger partial charge in [-0.1, -0.05) is 5.16 Å². The third kappa shape index (κ3) is 3.38. The summed E-state index contributed by atoms with van der Waals surface area (Å²) in [5, 5.41) is 11.4. The second kappa shape index (κ2) is 6.14. The number of nitrogens with two attached hydrogens (primary N) is 1. The highest BCUT2D eigenvalue weighted by atomic mass is 31.2. The van der Waals surface area contributed by atoms with Crippen molar-refractivity contribution in [2.45, 2.75) is 26.6 Å². The van der Waals surface area contributed by atoms with Crippen LogP contribution in [0.2, 0.25) is 0 Å². The molecule has 0 saturated carbocycles. The van der Waals surface area contributed by atoms with Crippen molar-refractivity contribution in [1.29, 1.82) is 0 Å². The smallest absolute Gasteiger partial charge is 0.353 e. The molecule has 1 atom stereocenters. The van der Waals surface area contributed by atoms with Gasteiger partial charge in [-0.25, -0.2) is 0 Å². The van der Waals surface area contributed by atoms with E-state index >= 15 is 0 Å². The monoisotopic (exact) mass is 224 g/mol. The van der Waals surface area contributed by atoms with E-state index in [0.29, 0.717) is 0 Å². The predicted molar refractivity (Wildman–Crippen MR) is 53.7 cm³/mol. The second-order valence-electron chi connectivity index (χ2n) is 2.56. The summed E-state index contributed by atoms with van der Waals surface area (Å²) in [4.78, 5) is 0. The molecular weight excluding hydrogens is 207 g/mol. The third-order valence-corrected chi connectivity index (χ3v) is 3.84. The molecule has 0 fully saturated rings. The van der Waals surface area contributed by atoms with Crippen LogP contribution in [0.1, 0.15) is 20.8 Å². The maximum Gasteiger partial charge on any atom is 0.353 e. The van der Waals surface area contributed by atoms with Crippen LogP contribution in [0.4, 0.5) is 0 Å². The number of hydrogen-bond donors (Lipinski definition) is 2. The fourth-order valence-electron chi connectivity index (χ4n) is 0.846. The Morgan fingerprint density at radius 2 is 1.93 bits per heavy atom. The van der Waals surface area contributed by atoms with Crippen molar-refractivity contribution < 1.29 is 18.8 Å². The molecule has 0 spiro atoms. The van der Waals surface area contributed by atoms with E-state index in [1.165, 1.54) is 6.92 Å². The predicted octanol–water partition coefficient (Wildman–Crippen LogP) is 1.39. The van der Waals surface area contributed by atoms with Crippen molar-refractivity contribution in [2.75, 3.05) is 13.2 Å². The van der Waals surface area contributed by atoms with Gasteiger partial charge in [0.2, 0.25) is 0 Å². The summed E-state index contributed by atoms with van der Waals surface area (Å²) in [6.07, 6.45) is 0. The Bertz CT molecular complexity index is 234. The average Bonchev–Trinajstić information content (AvgIpc) is 2.16. The van der Waals surface area contributed by atoms with E-state index < -0.39 is 13.4 Å². The minimum absolute atomic E-state index is 0.121. The van der Waals surface area contributed by atoms with Gasteiger partial charge < -0.3 is 20.0 Å². The molecule has 0 rings (SSSR count). The van der Waals surface area contributed by atoms with Gasteiger partial charge in [-0.05, 0) is 20.8 Å². The first kappa shape index (κ1) is 13.6. The van der Waals surface area contributed by atoms with Crippen LogP contribution < -0.4 is 5.73 Å². The second-order valence-corrected chi connectivity index (χ2v) is 4.71. The van der Waals surface area contributed by atoms with Crippen LogP contribution in [0.3, 0.4) is 0 Å². The summed E-state index contributed by atoms with van der Waals surface area (Å²) < 4.78 is 21.9. The maximum absolute atomic E-state index is 12.0. The fraction of sp³-hybridized carbons (Fsp3) is 0.857. The summed E-state index contributed by atoms with van der Waals surface area (Å²) in [6, 6.07) is 0. The minimum atomic E-state index is -3.40. The van der Waals surface area contributed by atoms with Crippen LogP contribution in [0.25, 0.3) is 0 Å². The molecule has 14 heavy (non-hydrogen) atoms. The van der Waals surface area contributed by atoms with Gasteiger partial charge in [0.05, 0.1) is 18.9 Å². The number of nitrogens with zero attached hydrogens (tertiary/aromatic N) is 1. The van der Waals surface area contributed by atoms with Crippen molar-refractivity contribution in [3.8, 4) is 0 Å². The van der Waals surface area contributed by atoms with Gasteiger partial charge in [0, 0.05) is 0 Å². The quantitative estimate of drug-likeness (QED) is 0.307. The largest absolute Gasteiger partial charge is 0.411 e. The highest BCUT2D eigenvalue weighted by molar-refractivity contribution is 7.55. The molecule has 0 radical (unpaired) electrons. The lowest BCUT2D eigenvalue weighted by Gasteiger charge is -2.22. The molecule has 6 nitrogen and oxygen atoms in total. The molecule has 0 aromatic rings. The van der Waals surface area contributed by atoms with Crippen LogP contribution in [0.15, 0.2) is 5.16 Å². The molecule has 0 bridgehead atoms. The van der Waals surface area contributed by atoms with E-state index in [9.17, 15) is 4.57 Å². The van der Waals surface area contributed by atoms with Gasteiger partial charge in [-0.15, -0.1) is 0 Å². The summed E-state index contributed by atoms with van der Waals surface area (Å²) in [5.74, 6) is -1.02. The van der Waals surface area contributed by atoms with Crippen molar-refractivity contribution in [3.05, 3.63) is 0 Å². The zero-order chi connectivity index (χ0) is 11.2. The van der Waals surface area contributed by atoms with Crippen LogP contribution in [-0.4, -0.2) is 29.9 Å². The molecule has 0 aromatic heterocycles. The number of oxime groups is 1. The van der Waals surface area contributed by atoms with Crippen molar-refractivity contribution >= 4 is 13.3 Å². The molecule has 84 valence electrons. The number of hydrogen-bond acceptors (Lipinski definition) is 6. The first-order chi connectivity index (χ1) is 6.51. The molecule has 7 heteroatoms. The van der Waals surface area contributed by atoms with Crippen molar-refractivity contribution in [3.63, 3.8) is 0 Å². The SMILES string of the molecule is CCOP(=O)(OCC)C(N)/C(C)=N/O. The normalized spacial score (nSPS) is 15.6. The zero-order valence-electron chi connectivity index (χ0n) is 8.64. The molecule has 0 aliphatic carbocycles. The summed E-state index contributed by atoms with van der Waals surface area (Å²) in [6.45, 7) is 5.27. The van der Waals surface area contributed by atoms with Crippen LogP contribution in [0, 0.1) is 0 Å². The lowest BCUT2D eigenvalue weighted by Crippen LogP contribution is -2.30. The van der Waals surface area contributed by atoms with Crippen molar-refractivity contribution in [2.24, 2.45) is 10.9 Å². The van der Waals surface area contributed by atoms with Crippen molar-refractivity contribution in [1.82, 2.24) is 0 Å². The molecule has 1 unspecified atom stereocenters. The highest BCUT2D eigenvalue weighted by Gasteiger charge is 2.34. The maximum atomic E-state index is 12.0. The van der Waals surface area contributed by atoms with E-state index in [1.807, 2.05) is 0 Å². The van der Waals surface area contributed by atoms with E-state index in [1.54, 1.807) is 13.8 Å². The molecule has 0 aliphatic heterocycles. The van der Waals surface area contributed by atoms with Gasteiger partial charge in [0.15, 0.2) is 0 Å². The van der Waals surface area contributed by atoms with Crippen LogP contribution in [0.5, 0.6) is 0 Å². The van der Waals surface area contributed by atoms with Gasteiger partial charge in [0.25, 0.3) is 0 Å². The Morgan fingerprint density at radius 3 is 2.21 bits per heavy atom. The third-order valence-electron chi connectivity index (χ3n) is 1.54. The molecule has 0 saturated heterocycles. The lowest BCUT2D eigenvalue weighted by atomic mass is 10.4. The van der Waals surface area contributed by atoms with Crippen LogP contribution in [-0.2, 0) is 13.6 Å². The molecule has 0 amide bonds. The van der Waals surface area contributed by atoms with Gasteiger partial charge in [-0.3, -0.25) is 4.57 Å². The number of rotatable bonds is 6. The Morgan fingerprint density at radius 1 is 1.50 bits per heavy atom. The molecule has 0 aliphatic rings. The lowest BCUT2D eigenvalue weighted by molar-refractivity contribution is 0.216. The first-order valence-electron chi connectivity index (χ1n) is 4.34. The highest BCUT2D eigenvalue weighted by Crippen LogP contribution is 2.51. The minimum Gasteiger partial charge on any atom is -0.411 e. The first-order valence-corrected chi connectivity index (χ1v) is 5.95. The molecule has 0 aromatic carbocycles. The molecule has 0 heterocycles. The topological polar surface area (TPSA) is 94.1 Å². The molecular formula is C7H17N2O4P. The van der Waals surface area contributed by atoms with Gasteiger partial charge in [0.1, 0.15) is 5.78 Å². The van der Waals surface area contributed by atoms with Crippen LogP contribution >= 0.6 is 7.60 Å². The molecule has 3 N–H and O–H groups in total. The standard InChI is InChI=1S/C7H17N2O4P/c1-4-12-14(11,13-5-2)7(8)6(3)9-10/h7,10H,4-5,8H2,1-3H3/b9-6+. The Labute approximate surface area is 83.6 Å². The summed E-state index contributed by atoms with van der Waals surface area (Å²) in [7, 11) is -3.40. The zero-order valence-corrected chi connectivity index (χ0v) is 9.53. The Balaban J connectivity index is 4.72. The van der Waals surface area contributed by atoms with E-state index in [-0.39, 0.29) is 18.9 Å². The van der Waals surface area contributed by atoms with E-state index in [0.717, 1.165) is 0 Å². The average molecular weight is 224 g/mol. The Kier molecular flexibility index (Phi) is 5.95. The van der Waals surface area contributed by atoms with E-state index in [4.69, 9.17) is 20.0 Å². The summed E-state index contributed by atoms with van der Waals surface area (Å²) in [5.41, 5.74) is 5.70. The summed E-state index contributed by atoms with van der Waals surface area (Å²) >= 11 is 0. The Hall–Kier alpha value is -0.420. The van der Waals surface area contributed by atoms with E-state index in [2.05, 4.69) is 5.16 Å². The van der Waals surface area contributed by atoms with Gasteiger partial charge in [-0.2, -0.15) is 0 Å². The van der Waals surface area contributed by atoms with Gasteiger partial charge >= 0.3 is 7.60 Å². The fourth-order valence-corrected chi connectivity index (χ4v) is 2.47.